The normalized spacial score (nSPS) is 12.3. The monoisotopic (exact) mass is 533 g/mol. The molecule has 0 spiro atoms. The minimum Gasteiger partial charge on any atom is -0.467 e. The van der Waals surface area contributed by atoms with Crippen molar-refractivity contribution in [3.63, 3.8) is 0 Å². The third kappa shape index (κ3) is 7.22. The second kappa shape index (κ2) is 12.3. The Morgan fingerprint density at radius 2 is 1.67 bits per heavy atom. The van der Waals surface area contributed by atoms with Crippen LogP contribution in [-0.4, -0.2) is 39.5 Å². The number of methoxy groups -OCH3 is 1. The second-order valence-corrected chi connectivity index (χ2v) is 8.75. The van der Waals surface area contributed by atoms with Gasteiger partial charge in [0.05, 0.1) is 24.9 Å². The van der Waals surface area contributed by atoms with Gasteiger partial charge in [-0.3, -0.25) is 9.78 Å². The molecule has 200 valence electrons. The Bertz CT molecular complexity index is 1400. The lowest BCUT2D eigenvalue weighted by atomic mass is 10.1. The number of nitrogens with zero attached hydrogens (tertiary/aromatic N) is 3. The first-order valence-electron chi connectivity index (χ1n) is 12.1. The van der Waals surface area contributed by atoms with E-state index in [0.717, 1.165) is 29.0 Å². The molecule has 2 aromatic heterocycles. The predicted octanol–water partition coefficient (Wildman–Crippen LogP) is 5.85. The molecule has 0 aliphatic carbocycles. The van der Waals surface area contributed by atoms with Crippen LogP contribution in [-0.2, 0) is 33.6 Å². The lowest BCUT2D eigenvalue weighted by Gasteiger charge is -2.29. The van der Waals surface area contributed by atoms with Crippen molar-refractivity contribution in [1.29, 1.82) is 0 Å². The zero-order chi connectivity index (χ0) is 27.8. The van der Waals surface area contributed by atoms with Crippen LogP contribution in [0.4, 0.5) is 13.2 Å². The van der Waals surface area contributed by atoms with E-state index in [1.165, 1.54) is 36.3 Å². The number of hydrogen-bond donors (Lipinski definition) is 0. The maximum atomic E-state index is 13.5. The van der Waals surface area contributed by atoms with Crippen molar-refractivity contribution in [2.45, 2.75) is 25.3 Å². The van der Waals surface area contributed by atoms with Crippen LogP contribution in [0.1, 0.15) is 16.7 Å². The van der Waals surface area contributed by atoms with Gasteiger partial charge >= 0.3 is 12.1 Å². The molecule has 2 heterocycles. The fourth-order valence-electron chi connectivity index (χ4n) is 4.03. The van der Waals surface area contributed by atoms with Crippen molar-refractivity contribution < 1.29 is 27.5 Å². The van der Waals surface area contributed by atoms with Crippen LogP contribution >= 0.6 is 0 Å². The van der Waals surface area contributed by atoms with Gasteiger partial charge in [-0.2, -0.15) is 13.2 Å². The van der Waals surface area contributed by atoms with Crippen molar-refractivity contribution >= 4 is 18.0 Å². The quantitative estimate of drug-likeness (QED) is 0.200. The van der Waals surface area contributed by atoms with E-state index >= 15 is 0 Å². The highest BCUT2D eigenvalue weighted by atomic mass is 19.4. The van der Waals surface area contributed by atoms with Gasteiger partial charge in [0.1, 0.15) is 6.04 Å². The molecule has 0 aliphatic rings. The molecule has 6 nitrogen and oxygen atoms in total. The van der Waals surface area contributed by atoms with Gasteiger partial charge in [-0.15, -0.1) is 0 Å². The highest BCUT2D eigenvalue weighted by Crippen LogP contribution is 2.29. The maximum absolute atomic E-state index is 13.5. The third-order valence-corrected chi connectivity index (χ3v) is 6.11. The van der Waals surface area contributed by atoms with Crippen LogP contribution in [0, 0.1) is 0 Å². The Labute approximate surface area is 224 Å². The molecule has 0 N–H and O–H groups in total. The number of hydrogen-bond acceptors (Lipinski definition) is 4. The number of carbonyl (C=O) groups is 2. The van der Waals surface area contributed by atoms with Crippen molar-refractivity contribution in [3.05, 3.63) is 120 Å². The smallest absolute Gasteiger partial charge is 0.416 e. The summed E-state index contributed by atoms with van der Waals surface area (Å²) in [5.41, 5.74) is 2.11. The van der Waals surface area contributed by atoms with Crippen molar-refractivity contribution in [2.24, 2.45) is 0 Å². The number of rotatable bonds is 9. The summed E-state index contributed by atoms with van der Waals surface area (Å²) in [5, 5.41) is 0. The molecule has 0 radical (unpaired) electrons. The molecule has 1 unspecified atom stereocenters. The van der Waals surface area contributed by atoms with Gasteiger partial charge in [-0.05, 0) is 53.6 Å². The Kier molecular flexibility index (Phi) is 8.60. The number of halogens is 3. The van der Waals surface area contributed by atoms with Gasteiger partial charge in [0, 0.05) is 36.8 Å². The van der Waals surface area contributed by atoms with E-state index < -0.39 is 29.7 Å². The molecule has 0 saturated carbocycles. The molecule has 2 aromatic carbocycles. The predicted molar refractivity (Wildman–Crippen MR) is 141 cm³/mol. The number of pyridine rings is 1. The standard InChI is InChI=1S/C30H26F3N3O3/c1-39-29(38)27(21-35-18-4-5-19-35)36(20-23-7-12-24(13-8-23)26-6-2-3-17-34-26)28(37)16-11-22-9-14-25(15-10-22)30(31,32)33/h2-19,27H,20-21H2,1H3. The van der Waals surface area contributed by atoms with Gasteiger partial charge in [-0.25, -0.2) is 4.79 Å². The summed E-state index contributed by atoms with van der Waals surface area (Å²) in [7, 11) is 1.26. The first-order valence-corrected chi connectivity index (χ1v) is 12.1. The van der Waals surface area contributed by atoms with Crippen molar-refractivity contribution in [2.75, 3.05) is 7.11 Å². The molecule has 1 atom stereocenters. The number of ether oxygens (including phenoxy) is 1. The molecule has 4 aromatic rings. The fourth-order valence-corrected chi connectivity index (χ4v) is 4.03. The molecule has 0 bridgehead atoms. The number of aromatic nitrogens is 2. The van der Waals surface area contributed by atoms with Gasteiger partial charge in [-0.1, -0.05) is 42.5 Å². The SMILES string of the molecule is COC(=O)C(Cn1cccc1)N(Cc1ccc(-c2ccccn2)cc1)C(=O)C=Cc1ccc(C(F)(F)F)cc1. The highest BCUT2D eigenvalue weighted by molar-refractivity contribution is 5.94. The van der Waals surface area contributed by atoms with E-state index in [4.69, 9.17) is 4.74 Å². The molecule has 0 aliphatic heterocycles. The van der Waals surface area contributed by atoms with E-state index in [0.29, 0.717) is 5.56 Å². The van der Waals surface area contributed by atoms with E-state index in [2.05, 4.69) is 4.98 Å². The van der Waals surface area contributed by atoms with Gasteiger partial charge in [0.2, 0.25) is 5.91 Å². The Balaban J connectivity index is 1.61. The van der Waals surface area contributed by atoms with Crippen LogP contribution in [0.25, 0.3) is 17.3 Å². The Morgan fingerprint density at radius 1 is 0.974 bits per heavy atom. The number of esters is 1. The number of amides is 1. The summed E-state index contributed by atoms with van der Waals surface area (Å²) < 4.78 is 45.5. The van der Waals surface area contributed by atoms with Gasteiger partial charge in [0.15, 0.2) is 0 Å². The summed E-state index contributed by atoms with van der Waals surface area (Å²) >= 11 is 0. The lowest BCUT2D eigenvalue weighted by molar-refractivity contribution is -0.152. The van der Waals surface area contributed by atoms with E-state index in [9.17, 15) is 22.8 Å². The number of benzene rings is 2. The molecular formula is C30H26F3N3O3. The largest absolute Gasteiger partial charge is 0.467 e. The zero-order valence-corrected chi connectivity index (χ0v) is 21.1. The summed E-state index contributed by atoms with van der Waals surface area (Å²) in [6.07, 6.45) is 3.47. The van der Waals surface area contributed by atoms with E-state index in [1.807, 2.05) is 42.5 Å². The maximum Gasteiger partial charge on any atom is 0.416 e. The lowest BCUT2D eigenvalue weighted by Crippen LogP contribution is -2.46. The van der Waals surface area contributed by atoms with Crippen LogP contribution in [0.2, 0.25) is 0 Å². The van der Waals surface area contributed by atoms with E-state index in [1.54, 1.807) is 35.3 Å². The Hall–Kier alpha value is -4.66. The van der Waals surface area contributed by atoms with Gasteiger partial charge < -0.3 is 14.2 Å². The summed E-state index contributed by atoms with van der Waals surface area (Å²) in [5.74, 6) is -1.09. The van der Waals surface area contributed by atoms with E-state index in [-0.39, 0.29) is 13.1 Å². The minimum atomic E-state index is -4.45. The zero-order valence-electron chi connectivity index (χ0n) is 21.1. The van der Waals surface area contributed by atoms with Crippen molar-refractivity contribution in [3.8, 4) is 11.3 Å². The van der Waals surface area contributed by atoms with Crippen LogP contribution in [0.3, 0.4) is 0 Å². The summed E-state index contributed by atoms with van der Waals surface area (Å²) in [6.45, 7) is 0.255. The molecule has 39 heavy (non-hydrogen) atoms. The number of alkyl halides is 3. The molecule has 0 saturated heterocycles. The summed E-state index contributed by atoms with van der Waals surface area (Å²) in [6, 6.07) is 20.2. The molecule has 4 rings (SSSR count). The summed E-state index contributed by atoms with van der Waals surface area (Å²) in [4.78, 5) is 32.0. The fraction of sp³-hybridized carbons (Fsp3) is 0.167. The highest BCUT2D eigenvalue weighted by Gasteiger charge is 2.31. The van der Waals surface area contributed by atoms with Gasteiger partial charge in [0.25, 0.3) is 0 Å². The third-order valence-electron chi connectivity index (χ3n) is 6.11. The minimum absolute atomic E-state index is 0.0969. The molecule has 0 fully saturated rings. The first-order chi connectivity index (χ1) is 18.7. The molecular weight excluding hydrogens is 507 g/mol. The van der Waals surface area contributed by atoms with Crippen LogP contribution in [0.15, 0.2) is 104 Å². The van der Waals surface area contributed by atoms with Crippen LogP contribution in [0.5, 0.6) is 0 Å². The number of carbonyl (C=O) groups excluding carboxylic acids is 2. The average molecular weight is 534 g/mol. The Morgan fingerprint density at radius 3 is 2.26 bits per heavy atom. The topological polar surface area (TPSA) is 64.4 Å². The second-order valence-electron chi connectivity index (χ2n) is 8.75. The average Bonchev–Trinajstić information content (AvgIpc) is 3.47. The van der Waals surface area contributed by atoms with Crippen molar-refractivity contribution in [1.82, 2.24) is 14.5 Å². The molecule has 9 heteroatoms. The molecule has 1 amide bonds. The van der Waals surface area contributed by atoms with Crippen LogP contribution < -0.4 is 0 Å². The first kappa shape index (κ1) is 27.4.